The third-order valence-corrected chi connectivity index (χ3v) is 6.02. The number of carbonyl (C=O) groups is 1. The minimum absolute atomic E-state index is 0.00581. The molecule has 0 unspecified atom stereocenters. The molecule has 0 atom stereocenters. The lowest BCUT2D eigenvalue weighted by atomic mass is 10.1. The van der Waals surface area contributed by atoms with Gasteiger partial charge < -0.3 is 15.0 Å². The third-order valence-electron chi connectivity index (χ3n) is 5.69. The van der Waals surface area contributed by atoms with Gasteiger partial charge in [-0.15, -0.1) is 0 Å². The zero-order valence-corrected chi connectivity index (χ0v) is 20.2. The molecular formula is C27H28N4O3S. The molecule has 0 aliphatic rings. The van der Waals surface area contributed by atoms with Crippen molar-refractivity contribution in [3.8, 4) is 5.88 Å². The summed E-state index contributed by atoms with van der Waals surface area (Å²) < 4.78 is 7.77. The van der Waals surface area contributed by atoms with E-state index in [1.54, 1.807) is 16.8 Å². The van der Waals surface area contributed by atoms with E-state index in [0.29, 0.717) is 42.2 Å². The number of aromatic amines is 1. The van der Waals surface area contributed by atoms with E-state index in [0.717, 1.165) is 35.9 Å². The van der Waals surface area contributed by atoms with Crippen molar-refractivity contribution < 1.29 is 9.53 Å². The van der Waals surface area contributed by atoms with Crippen molar-refractivity contribution in [1.29, 1.82) is 0 Å². The Morgan fingerprint density at radius 1 is 1.00 bits per heavy atom. The van der Waals surface area contributed by atoms with E-state index in [-0.39, 0.29) is 11.5 Å². The summed E-state index contributed by atoms with van der Waals surface area (Å²) in [5.41, 5.74) is 2.67. The van der Waals surface area contributed by atoms with Gasteiger partial charge in [0.15, 0.2) is 4.77 Å². The van der Waals surface area contributed by atoms with Crippen molar-refractivity contribution in [2.45, 2.75) is 45.4 Å². The number of aromatic nitrogens is 3. The maximum atomic E-state index is 12.7. The van der Waals surface area contributed by atoms with E-state index in [1.165, 1.54) is 0 Å². The number of amides is 1. The fraction of sp³-hybridized carbons (Fsp3) is 0.259. The molecule has 0 saturated carbocycles. The van der Waals surface area contributed by atoms with Crippen LogP contribution >= 0.6 is 12.2 Å². The first kappa shape index (κ1) is 24.3. The van der Waals surface area contributed by atoms with Gasteiger partial charge in [0.05, 0.1) is 10.9 Å². The topological polar surface area (TPSA) is 89.0 Å². The van der Waals surface area contributed by atoms with Crippen molar-refractivity contribution in [2.75, 3.05) is 0 Å². The number of carbonyl (C=O) groups excluding carboxylic acids is 1. The molecule has 0 aliphatic heterocycles. The molecule has 0 bridgehead atoms. The largest absolute Gasteiger partial charge is 0.473 e. The number of H-pyrrole nitrogens is 1. The smallest absolute Gasteiger partial charge is 0.262 e. The van der Waals surface area contributed by atoms with Crippen LogP contribution in [0.5, 0.6) is 5.88 Å². The fourth-order valence-electron chi connectivity index (χ4n) is 3.79. The number of nitrogens with one attached hydrogen (secondary N) is 2. The van der Waals surface area contributed by atoms with Crippen molar-refractivity contribution in [3.63, 3.8) is 0 Å². The Morgan fingerprint density at radius 3 is 2.66 bits per heavy atom. The van der Waals surface area contributed by atoms with Crippen molar-refractivity contribution >= 4 is 29.0 Å². The number of fused-ring (bicyclic) bond motifs is 1. The zero-order valence-electron chi connectivity index (χ0n) is 19.4. The van der Waals surface area contributed by atoms with Crippen LogP contribution in [0.2, 0.25) is 0 Å². The summed E-state index contributed by atoms with van der Waals surface area (Å²) in [6.07, 6.45) is 4.46. The van der Waals surface area contributed by atoms with Gasteiger partial charge in [-0.05, 0) is 54.4 Å². The number of para-hydroxylation sites is 1. The van der Waals surface area contributed by atoms with E-state index in [9.17, 15) is 9.59 Å². The predicted octanol–water partition coefficient (Wildman–Crippen LogP) is 4.91. The lowest BCUT2D eigenvalue weighted by molar-refractivity contribution is -0.121. The lowest BCUT2D eigenvalue weighted by Crippen LogP contribution is -2.23. The first-order valence-corrected chi connectivity index (χ1v) is 12.1. The van der Waals surface area contributed by atoms with E-state index >= 15 is 0 Å². The minimum atomic E-state index is -0.0773. The van der Waals surface area contributed by atoms with Gasteiger partial charge in [-0.2, -0.15) is 0 Å². The molecule has 0 fully saturated rings. The van der Waals surface area contributed by atoms with Gasteiger partial charge in [0, 0.05) is 31.8 Å². The number of unbranched alkanes of at least 4 members (excludes halogenated alkanes) is 2. The number of rotatable bonds is 11. The summed E-state index contributed by atoms with van der Waals surface area (Å²) in [6, 6.07) is 21.0. The van der Waals surface area contributed by atoms with E-state index in [4.69, 9.17) is 17.0 Å². The highest BCUT2D eigenvalue weighted by atomic mass is 32.1. The van der Waals surface area contributed by atoms with Crippen molar-refractivity contribution in [2.24, 2.45) is 0 Å². The van der Waals surface area contributed by atoms with Crippen molar-refractivity contribution in [1.82, 2.24) is 19.9 Å². The number of ether oxygens (including phenoxy) is 1. The summed E-state index contributed by atoms with van der Waals surface area (Å²) in [6.45, 7) is 1.40. The van der Waals surface area contributed by atoms with Crippen LogP contribution in [0.1, 0.15) is 36.8 Å². The molecule has 180 valence electrons. The number of pyridine rings is 1. The van der Waals surface area contributed by atoms with Crippen LogP contribution in [0.4, 0.5) is 0 Å². The molecule has 4 aromatic rings. The summed E-state index contributed by atoms with van der Waals surface area (Å²) >= 11 is 5.35. The Labute approximate surface area is 208 Å². The molecule has 4 rings (SSSR count). The Bertz CT molecular complexity index is 1400. The monoisotopic (exact) mass is 488 g/mol. The van der Waals surface area contributed by atoms with Crippen LogP contribution in [0.15, 0.2) is 77.7 Å². The van der Waals surface area contributed by atoms with Gasteiger partial charge in [0.2, 0.25) is 11.8 Å². The van der Waals surface area contributed by atoms with Crippen LogP contribution in [0, 0.1) is 4.77 Å². The number of hydrogen-bond acceptors (Lipinski definition) is 5. The van der Waals surface area contributed by atoms with E-state index < -0.39 is 0 Å². The van der Waals surface area contributed by atoms with Crippen molar-refractivity contribution in [3.05, 3.63) is 99.2 Å². The molecule has 2 aromatic heterocycles. The second kappa shape index (κ2) is 12.1. The standard InChI is InChI=1S/C27H28N4O3S/c32-24(29-18-21-14-15-28-25(17-21)34-19-20-9-3-1-4-10-20)13-5-2-8-16-31-26(33)22-11-6-7-12-23(22)30-27(31)35/h1,3-4,6-7,9-12,14-15,17H,2,5,8,13,16,18-19H2,(H,29,32)(H,30,35). The van der Waals surface area contributed by atoms with Crippen LogP contribution in [0.25, 0.3) is 10.9 Å². The summed E-state index contributed by atoms with van der Waals surface area (Å²) in [7, 11) is 0. The SMILES string of the molecule is O=C(CCCCCn1c(=S)[nH]c2ccccc2c1=O)NCc1ccnc(OCc2ccccc2)c1. The second-order valence-corrected chi connectivity index (χ2v) is 8.68. The van der Waals surface area contributed by atoms with Crippen LogP contribution in [-0.4, -0.2) is 20.4 Å². The molecular weight excluding hydrogens is 460 g/mol. The first-order chi connectivity index (χ1) is 17.1. The van der Waals surface area contributed by atoms with Gasteiger partial charge in [-0.3, -0.25) is 14.2 Å². The molecule has 7 nitrogen and oxygen atoms in total. The molecule has 0 aliphatic carbocycles. The maximum Gasteiger partial charge on any atom is 0.262 e. The minimum Gasteiger partial charge on any atom is -0.473 e. The Morgan fingerprint density at radius 2 is 1.80 bits per heavy atom. The normalized spacial score (nSPS) is 10.9. The third kappa shape index (κ3) is 6.86. The highest BCUT2D eigenvalue weighted by Crippen LogP contribution is 2.12. The molecule has 8 heteroatoms. The molecule has 2 heterocycles. The van der Waals surface area contributed by atoms with Gasteiger partial charge in [0.1, 0.15) is 6.61 Å². The molecule has 0 spiro atoms. The van der Waals surface area contributed by atoms with E-state index in [1.807, 2.05) is 60.7 Å². The quantitative estimate of drug-likeness (QED) is 0.231. The average Bonchev–Trinajstić information content (AvgIpc) is 2.88. The van der Waals surface area contributed by atoms with Gasteiger partial charge in [-0.25, -0.2) is 4.98 Å². The molecule has 0 saturated heterocycles. The number of nitrogens with zero attached hydrogens (tertiary/aromatic N) is 2. The van der Waals surface area contributed by atoms with E-state index in [2.05, 4.69) is 15.3 Å². The second-order valence-electron chi connectivity index (χ2n) is 8.30. The van der Waals surface area contributed by atoms with Crippen LogP contribution in [0.3, 0.4) is 0 Å². The Kier molecular flexibility index (Phi) is 8.40. The predicted molar refractivity (Wildman–Crippen MR) is 139 cm³/mol. The molecule has 2 N–H and O–H groups in total. The average molecular weight is 489 g/mol. The van der Waals surface area contributed by atoms with Gasteiger partial charge in [0.25, 0.3) is 5.56 Å². The first-order valence-electron chi connectivity index (χ1n) is 11.7. The van der Waals surface area contributed by atoms with Gasteiger partial charge >= 0.3 is 0 Å². The summed E-state index contributed by atoms with van der Waals surface area (Å²) in [4.78, 5) is 32.3. The highest BCUT2D eigenvalue weighted by Gasteiger charge is 2.06. The zero-order chi connectivity index (χ0) is 24.5. The fourth-order valence-corrected chi connectivity index (χ4v) is 4.08. The van der Waals surface area contributed by atoms with Gasteiger partial charge in [-0.1, -0.05) is 48.9 Å². The Hall–Kier alpha value is -3.78. The molecule has 2 aromatic carbocycles. The molecule has 35 heavy (non-hydrogen) atoms. The van der Waals surface area contributed by atoms with Crippen LogP contribution < -0.4 is 15.6 Å². The van der Waals surface area contributed by atoms with Crippen LogP contribution in [-0.2, 0) is 24.5 Å². The lowest BCUT2D eigenvalue weighted by Gasteiger charge is -2.09. The molecule has 0 radical (unpaired) electrons. The number of benzene rings is 2. The maximum absolute atomic E-state index is 12.7. The summed E-state index contributed by atoms with van der Waals surface area (Å²) in [5.74, 6) is 0.525. The molecule has 1 amide bonds. The highest BCUT2D eigenvalue weighted by molar-refractivity contribution is 7.71. The Balaban J connectivity index is 1.18. The number of hydrogen-bond donors (Lipinski definition) is 2. The summed E-state index contributed by atoms with van der Waals surface area (Å²) in [5, 5.41) is 3.58.